The van der Waals surface area contributed by atoms with E-state index in [2.05, 4.69) is 0 Å². The van der Waals surface area contributed by atoms with E-state index in [1.54, 1.807) is 30.3 Å². The standard InChI is InChI=1S/C14H8FNOS/c15-12-3-1-2-4-14(12)18-13-6-5-10(9-17)7-11(13)8-16/h1-7,9H. The van der Waals surface area contributed by atoms with Gasteiger partial charge in [-0.25, -0.2) is 4.39 Å². The van der Waals surface area contributed by atoms with E-state index in [1.807, 2.05) is 6.07 Å². The van der Waals surface area contributed by atoms with E-state index in [9.17, 15) is 9.18 Å². The van der Waals surface area contributed by atoms with Crippen LogP contribution in [0.25, 0.3) is 0 Å². The Bertz CT molecular complexity index is 634. The molecule has 88 valence electrons. The molecule has 2 nitrogen and oxygen atoms in total. The first-order valence-electron chi connectivity index (χ1n) is 5.16. The summed E-state index contributed by atoms with van der Waals surface area (Å²) in [5.74, 6) is -0.328. The van der Waals surface area contributed by atoms with Crippen LogP contribution in [0.2, 0.25) is 0 Å². The molecule has 0 saturated carbocycles. The van der Waals surface area contributed by atoms with Gasteiger partial charge in [-0.2, -0.15) is 5.26 Å². The van der Waals surface area contributed by atoms with Gasteiger partial charge in [-0.05, 0) is 24.3 Å². The molecule has 18 heavy (non-hydrogen) atoms. The third-order valence-electron chi connectivity index (χ3n) is 2.32. The first-order chi connectivity index (χ1) is 8.74. The number of aldehydes is 1. The van der Waals surface area contributed by atoms with Crippen molar-refractivity contribution in [2.45, 2.75) is 9.79 Å². The van der Waals surface area contributed by atoms with E-state index in [1.165, 1.54) is 23.9 Å². The molecule has 2 aromatic rings. The van der Waals surface area contributed by atoms with Gasteiger partial charge in [0.1, 0.15) is 18.2 Å². The Morgan fingerprint density at radius 1 is 1.17 bits per heavy atom. The zero-order chi connectivity index (χ0) is 13.0. The molecular weight excluding hydrogens is 249 g/mol. The van der Waals surface area contributed by atoms with Gasteiger partial charge in [0.25, 0.3) is 0 Å². The van der Waals surface area contributed by atoms with Crippen molar-refractivity contribution >= 4 is 18.0 Å². The fraction of sp³-hybridized carbons (Fsp3) is 0. The molecule has 0 aromatic heterocycles. The van der Waals surface area contributed by atoms with Crippen LogP contribution in [0.3, 0.4) is 0 Å². The first-order valence-corrected chi connectivity index (χ1v) is 5.98. The summed E-state index contributed by atoms with van der Waals surface area (Å²) in [4.78, 5) is 11.7. The van der Waals surface area contributed by atoms with Gasteiger partial charge >= 0.3 is 0 Å². The van der Waals surface area contributed by atoms with E-state index >= 15 is 0 Å². The maximum Gasteiger partial charge on any atom is 0.150 e. The zero-order valence-electron chi connectivity index (χ0n) is 9.26. The lowest BCUT2D eigenvalue weighted by Crippen LogP contribution is -1.87. The largest absolute Gasteiger partial charge is 0.298 e. The molecule has 0 atom stereocenters. The van der Waals surface area contributed by atoms with E-state index in [-0.39, 0.29) is 5.82 Å². The Hall–Kier alpha value is -2.12. The van der Waals surface area contributed by atoms with Crippen molar-refractivity contribution < 1.29 is 9.18 Å². The molecular formula is C14H8FNOS. The summed E-state index contributed by atoms with van der Waals surface area (Å²) in [7, 11) is 0. The van der Waals surface area contributed by atoms with Crippen molar-refractivity contribution in [2.75, 3.05) is 0 Å². The molecule has 2 rings (SSSR count). The number of carbonyl (C=O) groups is 1. The van der Waals surface area contributed by atoms with Crippen LogP contribution >= 0.6 is 11.8 Å². The number of hydrogen-bond acceptors (Lipinski definition) is 3. The Labute approximate surface area is 108 Å². The molecule has 0 bridgehead atoms. The van der Waals surface area contributed by atoms with E-state index in [0.717, 1.165) is 0 Å². The molecule has 0 radical (unpaired) electrons. The SMILES string of the molecule is N#Cc1cc(C=O)ccc1Sc1ccccc1F. The molecule has 0 amide bonds. The van der Waals surface area contributed by atoms with Gasteiger partial charge in [-0.1, -0.05) is 30.0 Å². The highest BCUT2D eigenvalue weighted by Crippen LogP contribution is 2.32. The molecule has 2 aromatic carbocycles. The van der Waals surface area contributed by atoms with Crippen molar-refractivity contribution in [2.24, 2.45) is 0 Å². The predicted molar refractivity (Wildman–Crippen MR) is 67.1 cm³/mol. The minimum absolute atomic E-state index is 0.328. The minimum Gasteiger partial charge on any atom is -0.298 e. The van der Waals surface area contributed by atoms with Gasteiger partial charge in [0.05, 0.1) is 5.56 Å². The number of nitriles is 1. The minimum atomic E-state index is -0.328. The van der Waals surface area contributed by atoms with Crippen molar-refractivity contribution in [1.29, 1.82) is 5.26 Å². The van der Waals surface area contributed by atoms with Crippen LogP contribution in [-0.4, -0.2) is 6.29 Å². The van der Waals surface area contributed by atoms with Crippen LogP contribution in [0, 0.1) is 17.1 Å². The summed E-state index contributed by atoms with van der Waals surface area (Å²) in [6.45, 7) is 0. The molecule has 0 aliphatic heterocycles. The Morgan fingerprint density at radius 2 is 1.94 bits per heavy atom. The zero-order valence-corrected chi connectivity index (χ0v) is 10.1. The fourth-order valence-electron chi connectivity index (χ4n) is 1.44. The van der Waals surface area contributed by atoms with Gasteiger partial charge in [0.15, 0.2) is 0 Å². The topological polar surface area (TPSA) is 40.9 Å². The monoisotopic (exact) mass is 257 g/mol. The Morgan fingerprint density at radius 3 is 2.61 bits per heavy atom. The van der Waals surface area contributed by atoms with Crippen LogP contribution in [0.1, 0.15) is 15.9 Å². The lowest BCUT2D eigenvalue weighted by Gasteiger charge is -2.05. The fourth-order valence-corrected chi connectivity index (χ4v) is 2.34. The molecule has 0 saturated heterocycles. The van der Waals surface area contributed by atoms with Crippen LogP contribution in [-0.2, 0) is 0 Å². The molecule has 0 fully saturated rings. The highest BCUT2D eigenvalue weighted by atomic mass is 32.2. The highest BCUT2D eigenvalue weighted by molar-refractivity contribution is 7.99. The number of halogens is 1. The summed E-state index contributed by atoms with van der Waals surface area (Å²) >= 11 is 1.17. The van der Waals surface area contributed by atoms with E-state index in [4.69, 9.17) is 5.26 Å². The normalized spacial score (nSPS) is 9.78. The van der Waals surface area contributed by atoms with E-state index in [0.29, 0.717) is 27.2 Å². The van der Waals surface area contributed by atoms with Gasteiger partial charge in [-0.15, -0.1) is 0 Å². The number of hydrogen-bond donors (Lipinski definition) is 0. The summed E-state index contributed by atoms with van der Waals surface area (Å²) in [6, 6.07) is 13.1. The van der Waals surface area contributed by atoms with Gasteiger partial charge < -0.3 is 0 Å². The molecule has 0 aliphatic carbocycles. The number of carbonyl (C=O) groups excluding carboxylic acids is 1. The second kappa shape index (κ2) is 5.48. The van der Waals surface area contributed by atoms with Crippen molar-refractivity contribution in [3.63, 3.8) is 0 Å². The number of nitrogens with zero attached hydrogens (tertiary/aromatic N) is 1. The van der Waals surface area contributed by atoms with Gasteiger partial charge in [-0.3, -0.25) is 4.79 Å². The van der Waals surface area contributed by atoms with Crippen LogP contribution in [0.15, 0.2) is 52.3 Å². The van der Waals surface area contributed by atoms with Gasteiger partial charge in [0, 0.05) is 15.4 Å². The quantitative estimate of drug-likeness (QED) is 0.788. The summed E-state index contributed by atoms with van der Waals surface area (Å²) in [5.41, 5.74) is 0.803. The third-order valence-corrected chi connectivity index (χ3v) is 3.44. The third kappa shape index (κ3) is 2.58. The maximum atomic E-state index is 13.5. The van der Waals surface area contributed by atoms with Crippen molar-refractivity contribution in [3.8, 4) is 6.07 Å². The molecule has 0 N–H and O–H groups in total. The Kier molecular flexibility index (Phi) is 3.75. The highest BCUT2D eigenvalue weighted by Gasteiger charge is 2.08. The molecule has 0 aliphatic rings. The maximum absolute atomic E-state index is 13.5. The first kappa shape index (κ1) is 12.3. The van der Waals surface area contributed by atoms with Crippen molar-refractivity contribution in [1.82, 2.24) is 0 Å². The van der Waals surface area contributed by atoms with Gasteiger partial charge in [0.2, 0.25) is 0 Å². The second-order valence-electron chi connectivity index (χ2n) is 3.52. The summed E-state index contributed by atoms with van der Waals surface area (Å²) < 4.78 is 13.5. The Balaban J connectivity index is 2.38. The average molecular weight is 257 g/mol. The lowest BCUT2D eigenvalue weighted by molar-refractivity contribution is 0.112. The smallest absolute Gasteiger partial charge is 0.150 e. The van der Waals surface area contributed by atoms with Crippen LogP contribution < -0.4 is 0 Å². The number of benzene rings is 2. The molecule has 0 heterocycles. The molecule has 0 unspecified atom stereocenters. The lowest BCUT2D eigenvalue weighted by atomic mass is 10.1. The summed E-state index contributed by atoms with van der Waals surface area (Å²) in [5, 5.41) is 9.01. The summed E-state index contributed by atoms with van der Waals surface area (Å²) in [6.07, 6.45) is 0.679. The van der Waals surface area contributed by atoms with E-state index < -0.39 is 0 Å². The second-order valence-corrected chi connectivity index (χ2v) is 4.60. The average Bonchev–Trinajstić information content (AvgIpc) is 2.41. The van der Waals surface area contributed by atoms with Crippen molar-refractivity contribution in [3.05, 3.63) is 59.4 Å². The number of rotatable bonds is 3. The van der Waals surface area contributed by atoms with Crippen LogP contribution in [0.5, 0.6) is 0 Å². The molecule has 0 spiro atoms. The molecule has 4 heteroatoms. The predicted octanol–water partition coefficient (Wildman–Crippen LogP) is 3.66. The van der Waals surface area contributed by atoms with Crippen LogP contribution in [0.4, 0.5) is 4.39 Å².